The number of nitro benzene ring substituents is 1. The zero-order valence-electron chi connectivity index (χ0n) is 11.8. The summed E-state index contributed by atoms with van der Waals surface area (Å²) in [6.07, 6.45) is 1.41. The van der Waals surface area contributed by atoms with Gasteiger partial charge >= 0.3 is 0 Å². The first-order valence-electron chi connectivity index (χ1n) is 6.37. The smallest absolute Gasteiger partial charge is 0.272 e. The van der Waals surface area contributed by atoms with Crippen molar-refractivity contribution in [2.24, 2.45) is 0 Å². The van der Waals surface area contributed by atoms with E-state index < -0.39 is 4.92 Å². The SMILES string of the molecule is Cc1ocnc1CNC(=O)Cc1cccc([N+](=O)[O-])c1C. The quantitative estimate of drug-likeness (QED) is 0.671. The highest BCUT2D eigenvalue weighted by Crippen LogP contribution is 2.21. The summed E-state index contributed by atoms with van der Waals surface area (Å²) in [6, 6.07) is 4.72. The Kier molecular flexibility index (Phi) is 4.32. The number of rotatable bonds is 5. The monoisotopic (exact) mass is 289 g/mol. The molecular weight excluding hydrogens is 274 g/mol. The zero-order chi connectivity index (χ0) is 15.4. The van der Waals surface area contributed by atoms with E-state index in [0.717, 1.165) is 0 Å². The molecule has 1 heterocycles. The molecule has 0 bridgehead atoms. The molecule has 1 aromatic carbocycles. The van der Waals surface area contributed by atoms with Crippen molar-refractivity contribution in [1.29, 1.82) is 0 Å². The van der Waals surface area contributed by atoms with Crippen LogP contribution in [-0.2, 0) is 17.8 Å². The van der Waals surface area contributed by atoms with E-state index in [1.165, 1.54) is 12.5 Å². The Morgan fingerprint density at radius 2 is 2.19 bits per heavy atom. The largest absolute Gasteiger partial charge is 0.448 e. The van der Waals surface area contributed by atoms with Crippen LogP contribution >= 0.6 is 0 Å². The molecule has 0 aliphatic rings. The topological polar surface area (TPSA) is 98.3 Å². The van der Waals surface area contributed by atoms with E-state index in [-0.39, 0.29) is 24.6 Å². The molecule has 1 aromatic heterocycles. The van der Waals surface area contributed by atoms with Crippen molar-refractivity contribution in [3.63, 3.8) is 0 Å². The fraction of sp³-hybridized carbons (Fsp3) is 0.286. The summed E-state index contributed by atoms with van der Waals surface area (Å²) in [4.78, 5) is 26.3. The molecule has 0 fully saturated rings. The number of hydrogen-bond acceptors (Lipinski definition) is 5. The maximum Gasteiger partial charge on any atom is 0.272 e. The van der Waals surface area contributed by atoms with E-state index in [4.69, 9.17) is 4.42 Å². The first kappa shape index (κ1) is 14.7. The van der Waals surface area contributed by atoms with Crippen molar-refractivity contribution >= 4 is 11.6 Å². The van der Waals surface area contributed by atoms with Gasteiger partial charge in [-0.15, -0.1) is 0 Å². The third kappa shape index (κ3) is 3.44. The van der Waals surface area contributed by atoms with Crippen LogP contribution in [0.25, 0.3) is 0 Å². The van der Waals surface area contributed by atoms with Gasteiger partial charge in [0, 0.05) is 11.6 Å². The number of nitrogens with zero attached hydrogens (tertiary/aromatic N) is 2. The van der Waals surface area contributed by atoms with Crippen LogP contribution in [0.15, 0.2) is 29.0 Å². The van der Waals surface area contributed by atoms with Gasteiger partial charge in [-0.05, 0) is 19.4 Å². The van der Waals surface area contributed by atoms with E-state index in [9.17, 15) is 14.9 Å². The van der Waals surface area contributed by atoms with Crippen molar-refractivity contribution in [2.45, 2.75) is 26.8 Å². The molecule has 0 saturated carbocycles. The van der Waals surface area contributed by atoms with Crippen LogP contribution in [0.5, 0.6) is 0 Å². The predicted octanol–water partition coefficient (Wildman–Crippen LogP) is 2.06. The third-order valence-corrected chi connectivity index (χ3v) is 3.26. The van der Waals surface area contributed by atoms with Crippen LogP contribution in [0.3, 0.4) is 0 Å². The second kappa shape index (κ2) is 6.17. The molecule has 7 nitrogen and oxygen atoms in total. The number of benzene rings is 1. The molecule has 0 radical (unpaired) electrons. The number of hydrogen-bond donors (Lipinski definition) is 1. The molecule has 1 amide bonds. The minimum atomic E-state index is -0.449. The number of amides is 1. The van der Waals surface area contributed by atoms with E-state index in [0.29, 0.717) is 22.6 Å². The molecule has 1 N–H and O–H groups in total. The molecule has 0 saturated heterocycles. The number of oxazole rings is 1. The lowest BCUT2D eigenvalue weighted by Crippen LogP contribution is -2.25. The van der Waals surface area contributed by atoms with Gasteiger partial charge in [-0.1, -0.05) is 12.1 Å². The zero-order valence-corrected chi connectivity index (χ0v) is 11.8. The van der Waals surface area contributed by atoms with Gasteiger partial charge in [0.25, 0.3) is 5.69 Å². The second-order valence-corrected chi connectivity index (χ2v) is 4.63. The predicted molar refractivity (Wildman–Crippen MR) is 74.6 cm³/mol. The molecule has 0 aliphatic heterocycles. The van der Waals surface area contributed by atoms with Gasteiger partial charge in [-0.3, -0.25) is 14.9 Å². The van der Waals surface area contributed by atoms with Crippen molar-refractivity contribution in [2.75, 3.05) is 0 Å². The van der Waals surface area contributed by atoms with Gasteiger partial charge in [-0.25, -0.2) is 4.98 Å². The van der Waals surface area contributed by atoms with E-state index in [1.807, 2.05) is 0 Å². The molecular formula is C14H15N3O4. The van der Waals surface area contributed by atoms with Gasteiger partial charge in [0.1, 0.15) is 11.5 Å². The van der Waals surface area contributed by atoms with E-state index in [2.05, 4.69) is 10.3 Å². The minimum Gasteiger partial charge on any atom is -0.448 e. The van der Waals surface area contributed by atoms with Gasteiger partial charge < -0.3 is 9.73 Å². The number of nitro groups is 1. The Morgan fingerprint density at radius 1 is 1.43 bits per heavy atom. The van der Waals surface area contributed by atoms with E-state index in [1.54, 1.807) is 26.0 Å². The highest BCUT2D eigenvalue weighted by Gasteiger charge is 2.15. The highest BCUT2D eigenvalue weighted by molar-refractivity contribution is 5.79. The normalized spacial score (nSPS) is 10.4. The molecule has 110 valence electrons. The molecule has 0 aliphatic carbocycles. The molecule has 0 unspecified atom stereocenters. The average molecular weight is 289 g/mol. The first-order valence-corrected chi connectivity index (χ1v) is 6.37. The molecule has 0 spiro atoms. The highest BCUT2D eigenvalue weighted by atomic mass is 16.6. The van der Waals surface area contributed by atoms with Crippen molar-refractivity contribution in [3.8, 4) is 0 Å². The number of nitrogens with one attached hydrogen (secondary N) is 1. The summed E-state index contributed by atoms with van der Waals surface area (Å²) in [6.45, 7) is 3.68. The maximum absolute atomic E-state index is 11.9. The molecule has 7 heteroatoms. The van der Waals surface area contributed by atoms with Crippen molar-refractivity contribution in [1.82, 2.24) is 10.3 Å². The summed E-state index contributed by atoms with van der Waals surface area (Å²) in [7, 11) is 0. The molecule has 0 atom stereocenters. The summed E-state index contributed by atoms with van der Waals surface area (Å²) >= 11 is 0. The van der Waals surface area contributed by atoms with Crippen LogP contribution in [-0.4, -0.2) is 15.8 Å². The fourth-order valence-electron chi connectivity index (χ4n) is 1.98. The Labute approximate surface area is 121 Å². The summed E-state index contributed by atoms with van der Waals surface area (Å²) in [5.74, 6) is 0.433. The van der Waals surface area contributed by atoms with Crippen molar-refractivity contribution in [3.05, 3.63) is 57.3 Å². The summed E-state index contributed by atoms with van der Waals surface area (Å²) < 4.78 is 5.04. The number of carbonyl (C=O) groups excluding carboxylic acids is 1. The van der Waals surface area contributed by atoms with Gasteiger partial charge in [0.15, 0.2) is 6.39 Å². The number of aryl methyl sites for hydroxylation is 1. The lowest BCUT2D eigenvalue weighted by molar-refractivity contribution is -0.385. The van der Waals surface area contributed by atoms with Crippen LogP contribution < -0.4 is 5.32 Å². The Hall–Kier alpha value is -2.70. The minimum absolute atomic E-state index is 0.0210. The van der Waals surface area contributed by atoms with Gasteiger partial charge in [-0.2, -0.15) is 0 Å². The van der Waals surface area contributed by atoms with E-state index >= 15 is 0 Å². The number of aromatic nitrogens is 1. The van der Waals surface area contributed by atoms with Crippen molar-refractivity contribution < 1.29 is 14.1 Å². The Bertz CT molecular complexity index is 679. The molecule has 21 heavy (non-hydrogen) atoms. The standard InChI is InChI=1S/C14H15N3O4/c1-9-11(4-3-5-13(9)17(19)20)6-14(18)15-7-12-10(2)21-8-16-12/h3-5,8H,6-7H2,1-2H3,(H,15,18). The third-order valence-electron chi connectivity index (χ3n) is 3.26. The maximum atomic E-state index is 11.9. The fourth-order valence-corrected chi connectivity index (χ4v) is 1.98. The molecule has 2 aromatic rings. The van der Waals surface area contributed by atoms with Crippen LogP contribution in [0.2, 0.25) is 0 Å². The van der Waals surface area contributed by atoms with Crippen LogP contribution in [0, 0.1) is 24.0 Å². The first-order chi connectivity index (χ1) is 9.99. The number of carbonyl (C=O) groups is 1. The van der Waals surface area contributed by atoms with Crippen LogP contribution in [0.4, 0.5) is 5.69 Å². The summed E-state index contributed by atoms with van der Waals surface area (Å²) in [5.41, 5.74) is 1.83. The Morgan fingerprint density at radius 3 is 2.81 bits per heavy atom. The van der Waals surface area contributed by atoms with Crippen LogP contribution in [0.1, 0.15) is 22.6 Å². The van der Waals surface area contributed by atoms with Gasteiger partial charge in [0.05, 0.1) is 17.9 Å². The second-order valence-electron chi connectivity index (χ2n) is 4.63. The summed E-state index contributed by atoms with van der Waals surface area (Å²) in [5, 5.41) is 13.6. The lowest BCUT2D eigenvalue weighted by atomic mass is 10.0. The van der Waals surface area contributed by atoms with Gasteiger partial charge in [0.2, 0.25) is 5.91 Å². The Balaban J connectivity index is 2.01. The lowest BCUT2D eigenvalue weighted by Gasteiger charge is -2.07. The average Bonchev–Trinajstić information content (AvgIpc) is 2.84. The molecule has 2 rings (SSSR count).